The van der Waals surface area contributed by atoms with Gasteiger partial charge in [-0.15, -0.1) is 0 Å². The minimum Gasteiger partial charge on any atom is -0.382 e. The molecule has 1 heterocycles. The zero-order chi connectivity index (χ0) is 33.7. The number of aliphatic hydroxyl groups excluding tert-OH is 2. The number of carbonyl (C=O) groups is 2. The summed E-state index contributed by atoms with van der Waals surface area (Å²) in [7, 11) is -1.78. The Morgan fingerprint density at radius 2 is 1.63 bits per heavy atom. The van der Waals surface area contributed by atoms with Gasteiger partial charge in [0.1, 0.15) is 6.10 Å². The van der Waals surface area contributed by atoms with Crippen LogP contribution in [0.4, 0.5) is 0 Å². The monoisotopic (exact) mass is 703 g/mol. The van der Waals surface area contributed by atoms with Crippen molar-refractivity contribution < 1.29 is 42.4 Å². The fourth-order valence-electron chi connectivity index (χ4n) is 4.97. The van der Waals surface area contributed by atoms with Gasteiger partial charge in [-0.05, 0) is 54.4 Å². The molecule has 2 aromatic carbocycles. The minimum atomic E-state index is -3.77. The van der Waals surface area contributed by atoms with Gasteiger partial charge < -0.3 is 34.6 Å². The Balaban J connectivity index is 1.30. The first-order chi connectivity index (χ1) is 21.9. The van der Waals surface area contributed by atoms with Crippen molar-refractivity contribution in [3.63, 3.8) is 0 Å². The standard InChI is InChI=1S/C31H43Cl2N3O9S/c1-3-5-28(37)29(38)30(39)31(40)34-8-10-43-12-14-45-15-13-44-11-9-35-46(41,42)23-7-4-6-21(16-23)25-19-36(2)20-26-24(25)17-22(32)18-27(26)33/h4,6-7,16-18,25,29-30,35,38-39H,3,5,8-15,19-20H2,1-2H3,(H,34,40)/t25-,29-,30+/m0/s1. The fourth-order valence-corrected chi connectivity index (χ4v) is 6.60. The maximum atomic E-state index is 13.0. The third kappa shape index (κ3) is 11.5. The molecule has 0 aromatic heterocycles. The quantitative estimate of drug-likeness (QED) is 0.150. The van der Waals surface area contributed by atoms with Crippen molar-refractivity contribution in [1.82, 2.24) is 14.9 Å². The SMILES string of the molecule is CCCC(=O)[C@H](O)[C@@H](O)C(=O)NCCOCCOCCOCCNS(=O)(=O)c1cccc([C@@H]2CN(C)Cc3c(Cl)cc(Cl)cc32)c1. The summed E-state index contributed by atoms with van der Waals surface area (Å²) < 4.78 is 44.8. The molecule has 46 heavy (non-hydrogen) atoms. The number of nitrogens with zero attached hydrogens (tertiary/aromatic N) is 1. The van der Waals surface area contributed by atoms with E-state index in [4.69, 9.17) is 37.4 Å². The lowest BCUT2D eigenvalue weighted by molar-refractivity contribution is -0.145. The van der Waals surface area contributed by atoms with Crippen LogP contribution in [0.3, 0.4) is 0 Å². The Morgan fingerprint density at radius 3 is 2.30 bits per heavy atom. The zero-order valence-corrected chi connectivity index (χ0v) is 28.4. The molecule has 0 bridgehead atoms. The normalized spacial score (nSPS) is 16.5. The van der Waals surface area contributed by atoms with E-state index in [9.17, 15) is 28.2 Å². The molecule has 0 saturated heterocycles. The van der Waals surface area contributed by atoms with Gasteiger partial charge in [-0.1, -0.05) is 42.3 Å². The number of fused-ring (bicyclic) bond motifs is 1. The Hall–Kier alpha value is -2.17. The molecular weight excluding hydrogens is 661 g/mol. The lowest BCUT2D eigenvalue weighted by atomic mass is 9.85. The molecule has 0 fully saturated rings. The van der Waals surface area contributed by atoms with Crippen LogP contribution in [0.1, 0.15) is 42.4 Å². The highest BCUT2D eigenvalue weighted by Gasteiger charge is 2.30. The number of carbonyl (C=O) groups excluding carboxylic acids is 2. The lowest BCUT2D eigenvalue weighted by Crippen LogP contribution is -2.46. The second-order valence-corrected chi connectivity index (χ2v) is 13.5. The third-order valence-corrected chi connectivity index (χ3v) is 9.30. The summed E-state index contributed by atoms with van der Waals surface area (Å²) >= 11 is 12.8. The molecule has 4 N–H and O–H groups in total. The summed E-state index contributed by atoms with van der Waals surface area (Å²) in [6.07, 6.45) is -2.98. The van der Waals surface area contributed by atoms with Crippen LogP contribution < -0.4 is 10.0 Å². The topological polar surface area (TPSA) is 164 Å². The van der Waals surface area contributed by atoms with Gasteiger partial charge in [0.2, 0.25) is 10.0 Å². The van der Waals surface area contributed by atoms with Crippen LogP contribution in [0, 0.1) is 0 Å². The lowest BCUT2D eigenvalue weighted by Gasteiger charge is -2.33. The molecule has 2 aromatic rings. The average Bonchev–Trinajstić information content (AvgIpc) is 3.02. The first-order valence-corrected chi connectivity index (χ1v) is 17.3. The Morgan fingerprint density at radius 1 is 0.978 bits per heavy atom. The van der Waals surface area contributed by atoms with Gasteiger partial charge in [0.15, 0.2) is 11.9 Å². The van der Waals surface area contributed by atoms with Crippen molar-refractivity contribution in [3.05, 3.63) is 63.1 Å². The molecule has 0 unspecified atom stereocenters. The molecular formula is C31H43Cl2N3O9S. The highest BCUT2D eigenvalue weighted by molar-refractivity contribution is 7.89. The fraction of sp³-hybridized carbons (Fsp3) is 0.548. The van der Waals surface area contributed by atoms with Crippen molar-refractivity contribution in [2.45, 2.75) is 49.3 Å². The number of aliphatic hydroxyl groups is 2. The molecule has 0 radical (unpaired) electrons. The van der Waals surface area contributed by atoms with Crippen molar-refractivity contribution in [3.8, 4) is 0 Å². The number of nitrogens with one attached hydrogen (secondary N) is 2. The zero-order valence-electron chi connectivity index (χ0n) is 26.0. The maximum Gasteiger partial charge on any atom is 0.252 e. The third-order valence-electron chi connectivity index (χ3n) is 7.29. The highest BCUT2D eigenvalue weighted by Crippen LogP contribution is 2.38. The molecule has 15 heteroatoms. The summed E-state index contributed by atoms with van der Waals surface area (Å²) in [6, 6.07) is 10.5. The molecule has 1 aliphatic rings. The van der Waals surface area contributed by atoms with E-state index in [1.807, 2.05) is 19.2 Å². The van der Waals surface area contributed by atoms with E-state index in [0.717, 1.165) is 16.7 Å². The first kappa shape index (κ1) is 38.3. The number of hydrogen-bond donors (Lipinski definition) is 4. The van der Waals surface area contributed by atoms with Crippen LogP contribution in [0.15, 0.2) is 41.3 Å². The number of ketones is 1. The predicted octanol–water partition coefficient (Wildman–Crippen LogP) is 2.11. The van der Waals surface area contributed by atoms with Gasteiger partial charge in [-0.3, -0.25) is 9.59 Å². The van der Waals surface area contributed by atoms with E-state index in [2.05, 4.69) is 14.9 Å². The van der Waals surface area contributed by atoms with Gasteiger partial charge in [0.05, 0.1) is 44.5 Å². The van der Waals surface area contributed by atoms with E-state index < -0.39 is 33.9 Å². The summed E-state index contributed by atoms with van der Waals surface area (Å²) in [5.41, 5.74) is 2.84. The molecule has 0 saturated carbocycles. The van der Waals surface area contributed by atoms with Gasteiger partial charge >= 0.3 is 0 Å². The van der Waals surface area contributed by atoms with Crippen LogP contribution >= 0.6 is 23.2 Å². The van der Waals surface area contributed by atoms with Gasteiger partial charge in [-0.25, -0.2) is 13.1 Å². The molecule has 256 valence electrons. The number of amides is 1. The summed E-state index contributed by atoms with van der Waals surface area (Å²) in [6.45, 7) is 4.65. The maximum absolute atomic E-state index is 13.0. The van der Waals surface area contributed by atoms with E-state index >= 15 is 0 Å². The number of hydrogen-bond acceptors (Lipinski definition) is 10. The Kier molecular flexibility index (Phi) is 15.8. The minimum absolute atomic E-state index is 0.0798. The first-order valence-electron chi connectivity index (χ1n) is 15.1. The molecule has 0 aliphatic carbocycles. The van der Waals surface area contributed by atoms with Crippen LogP contribution in [0.2, 0.25) is 10.0 Å². The van der Waals surface area contributed by atoms with Crippen molar-refractivity contribution in [2.24, 2.45) is 0 Å². The van der Waals surface area contributed by atoms with Crippen LogP contribution in [0.25, 0.3) is 0 Å². The number of ether oxygens (including phenoxy) is 3. The number of Topliss-reactive ketones (excluding diaryl/α,β-unsaturated/α-hetero) is 1. The highest BCUT2D eigenvalue weighted by atomic mass is 35.5. The van der Waals surface area contributed by atoms with Crippen molar-refractivity contribution in [1.29, 1.82) is 0 Å². The Bertz CT molecular complexity index is 1410. The number of sulfonamides is 1. The number of halogens is 2. The average molecular weight is 705 g/mol. The van der Waals surface area contributed by atoms with E-state index in [1.54, 1.807) is 31.2 Å². The summed E-state index contributed by atoms with van der Waals surface area (Å²) in [5, 5.41) is 23.0. The van der Waals surface area contributed by atoms with Gasteiger partial charge in [0, 0.05) is 48.6 Å². The summed E-state index contributed by atoms with van der Waals surface area (Å²) in [5.74, 6) is -1.52. The molecule has 0 spiro atoms. The molecule has 12 nitrogen and oxygen atoms in total. The van der Waals surface area contributed by atoms with Crippen LogP contribution in [0.5, 0.6) is 0 Å². The number of likely N-dealkylation sites (N-methyl/N-ethyl adjacent to an activating group) is 1. The van der Waals surface area contributed by atoms with Crippen molar-refractivity contribution >= 4 is 44.9 Å². The molecule has 3 atom stereocenters. The Labute approximate surface area is 280 Å². The van der Waals surface area contributed by atoms with Crippen molar-refractivity contribution in [2.75, 3.05) is 66.3 Å². The molecule has 3 rings (SSSR count). The number of rotatable bonds is 20. The van der Waals surface area contributed by atoms with E-state index in [-0.39, 0.29) is 70.0 Å². The molecule has 1 amide bonds. The second kappa shape index (κ2) is 19.0. The smallest absolute Gasteiger partial charge is 0.252 e. The van der Waals surface area contributed by atoms with E-state index in [0.29, 0.717) is 29.6 Å². The number of benzene rings is 2. The summed E-state index contributed by atoms with van der Waals surface area (Å²) in [4.78, 5) is 25.7. The van der Waals surface area contributed by atoms with E-state index in [1.165, 1.54) is 0 Å². The molecule has 1 aliphatic heterocycles. The predicted molar refractivity (Wildman–Crippen MR) is 174 cm³/mol. The largest absolute Gasteiger partial charge is 0.382 e. The van der Waals surface area contributed by atoms with Crippen LogP contribution in [-0.2, 0) is 40.4 Å². The van der Waals surface area contributed by atoms with Gasteiger partial charge in [-0.2, -0.15) is 0 Å². The van der Waals surface area contributed by atoms with Gasteiger partial charge in [0.25, 0.3) is 5.91 Å². The van der Waals surface area contributed by atoms with Crippen LogP contribution in [-0.4, -0.2) is 114 Å². The second-order valence-electron chi connectivity index (χ2n) is 10.9.